The Balaban J connectivity index is 2.60. The number of para-hydroxylation sites is 1. The van der Waals surface area contributed by atoms with Gasteiger partial charge in [0, 0.05) is 5.56 Å². The minimum Gasteiger partial charge on any atom is -0.425 e. The molecule has 0 amide bonds. The zero-order valence-corrected chi connectivity index (χ0v) is 8.09. The summed E-state index contributed by atoms with van der Waals surface area (Å²) in [7, 11) is 0. The molecule has 1 heterocycles. The highest BCUT2D eigenvalue weighted by Crippen LogP contribution is 2.39. The number of halogens is 1. The van der Waals surface area contributed by atoms with Crippen LogP contribution in [0.3, 0.4) is 0 Å². The first kappa shape index (κ1) is 7.80. The molecule has 0 saturated carbocycles. The zero-order chi connectivity index (χ0) is 8.72. The molecule has 62 valence electrons. The van der Waals surface area contributed by atoms with Gasteiger partial charge in [0.25, 0.3) is 0 Å². The second-order valence-corrected chi connectivity index (χ2v) is 3.66. The van der Waals surface area contributed by atoms with Gasteiger partial charge in [-0.15, -0.1) is 0 Å². The molecule has 1 aromatic rings. The Labute approximate surface area is 78.7 Å². The van der Waals surface area contributed by atoms with E-state index in [1.54, 1.807) is 0 Å². The molecule has 0 spiro atoms. The summed E-state index contributed by atoms with van der Waals surface area (Å²) in [5.41, 5.74) is 0.967. The number of esters is 1. The van der Waals surface area contributed by atoms with E-state index in [4.69, 9.17) is 4.74 Å². The van der Waals surface area contributed by atoms with Crippen LogP contribution >= 0.6 is 15.9 Å². The number of carbonyl (C=O) groups is 1. The Kier molecular flexibility index (Phi) is 1.68. The summed E-state index contributed by atoms with van der Waals surface area (Å²) in [4.78, 5) is 11.1. The molecule has 0 saturated heterocycles. The van der Waals surface area contributed by atoms with Crippen molar-refractivity contribution in [1.82, 2.24) is 0 Å². The van der Waals surface area contributed by atoms with Crippen LogP contribution in [0.15, 0.2) is 22.7 Å². The van der Waals surface area contributed by atoms with Gasteiger partial charge in [-0.1, -0.05) is 12.1 Å². The highest BCUT2D eigenvalue weighted by atomic mass is 79.9. The van der Waals surface area contributed by atoms with Gasteiger partial charge in [0.05, 0.1) is 10.4 Å². The van der Waals surface area contributed by atoms with Crippen LogP contribution in [0.25, 0.3) is 0 Å². The Morgan fingerprint density at radius 3 is 2.92 bits per heavy atom. The largest absolute Gasteiger partial charge is 0.425 e. The fourth-order valence-corrected chi connectivity index (χ4v) is 1.75. The SMILES string of the molecule is CC1C(=O)Oc2c(Br)cccc21. The molecule has 12 heavy (non-hydrogen) atoms. The highest BCUT2D eigenvalue weighted by Gasteiger charge is 2.30. The summed E-state index contributed by atoms with van der Waals surface area (Å²) in [5, 5.41) is 0. The second-order valence-electron chi connectivity index (χ2n) is 2.80. The van der Waals surface area contributed by atoms with Crippen LogP contribution < -0.4 is 4.74 Å². The fourth-order valence-electron chi connectivity index (χ4n) is 1.29. The first-order chi connectivity index (χ1) is 5.70. The molecule has 0 fully saturated rings. The summed E-state index contributed by atoms with van der Waals surface area (Å²) in [6.45, 7) is 1.85. The third kappa shape index (κ3) is 0.966. The average Bonchev–Trinajstić information content (AvgIpc) is 2.32. The van der Waals surface area contributed by atoms with Crippen molar-refractivity contribution in [3.05, 3.63) is 28.2 Å². The van der Waals surface area contributed by atoms with Gasteiger partial charge in [-0.2, -0.15) is 0 Å². The first-order valence-corrected chi connectivity index (χ1v) is 4.49. The third-order valence-corrected chi connectivity index (χ3v) is 2.64. The van der Waals surface area contributed by atoms with E-state index in [2.05, 4.69) is 15.9 Å². The molecular formula is C9H7BrO2. The normalized spacial score (nSPS) is 20.5. The maximum absolute atomic E-state index is 11.1. The Morgan fingerprint density at radius 2 is 2.25 bits per heavy atom. The van der Waals surface area contributed by atoms with E-state index < -0.39 is 0 Å². The van der Waals surface area contributed by atoms with Crippen LogP contribution in [0.5, 0.6) is 5.75 Å². The van der Waals surface area contributed by atoms with Gasteiger partial charge in [-0.25, -0.2) is 0 Å². The van der Waals surface area contributed by atoms with E-state index in [0.717, 1.165) is 10.0 Å². The molecule has 0 aromatic heterocycles. The van der Waals surface area contributed by atoms with Crippen LogP contribution in [0.4, 0.5) is 0 Å². The Hall–Kier alpha value is -0.830. The van der Waals surface area contributed by atoms with Gasteiger partial charge in [0.15, 0.2) is 0 Å². The molecule has 0 aliphatic carbocycles. The van der Waals surface area contributed by atoms with Crippen molar-refractivity contribution in [3.8, 4) is 5.75 Å². The lowest BCUT2D eigenvalue weighted by atomic mass is 10.0. The van der Waals surface area contributed by atoms with Crippen molar-refractivity contribution < 1.29 is 9.53 Å². The van der Waals surface area contributed by atoms with Gasteiger partial charge in [0.2, 0.25) is 0 Å². The van der Waals surface area contributed by atoms with Crippen molar-refractivity contribution in [1.29, 1.82) is 0 Å². The molecule has 0 bridgehead atoms. The van der Waals surface area contributed by atoms with Crippen molar-refractivity contribution in [2.24, 2.45) is 0 Å². The summed E-state index contributed by atoms with van der Waals surface area (Å²) < 4.78 is 5.91. The van der Waals surface area contributed by atoms with E-state index in [1.807, 2.05) is 25.1 Å². The number of carbonyl (C=O) groups excluding carboxylic acids is 1. The molecule has 2 nitrogen and oxygen atoms in total. The van der Waals surface area contributed by atoms with Crippen molar-refractivity contribution >= 4 is 21.9 Å². The molecule has 1 unspecified atom stereocenters. The molecule has 0 N–H and O–H groups in total. The highest BCUT2D eigenvalue weighted by molar-refractivity contribution is 9.10. The zero-order valence-electron chi connectivity index (χ0n) is 6.50. The molecule has 3 heteroatoms. The number of hydrogen-bond acceptors (Lipinski definition) is 2. The van der Waals surface area contributed by atoms with Crippen LogP contribution in [0.1, 0.15) is 18.4 Å². The summed E-state index contributed by atoms with van der Waals surface area (Å²) in [5.74, 6) is 0.379. The standard InChI is InChI=1S/C9H7BrO2/c1-5-6-3-2-4-7(10)8(6)12-9(5)11/h2-5H,1H3. The topological polar surface area (TPSA) is 26.3 Å². The maximum Gasteiger partial charge on any atom is 0.318 e. The van der Waals surface area contributed by atoms with E-state index in [9.17, 15) is 4.79 Å². The van der Waals surface area contributed by atoms with Gasteiger partial charge in [0.1, 0.15) is 5.75 Å². The number of fused-ring (bicyclic) bond motifs is 1. The van der Waals surface area contributed by atoms with Gasteiger partial charge in [-0.3, -0.25) is 4.79 Å². The third-order valence-electron chi connectivity index (χ3n) is 2.02. The number of hydrogen-bond donors (Lipinski definition) is 0. The minimum absolute atomic E-state index is 0.127. The monoisotopic (exact) mass is 226 g/mol. The molecular weight excluding hydrogens is 220 g/mol. The molecule has 2 rings (SSSR count). The minimum atomic E-state index is -0.170. The summed E-state index contributed by atoms with van der Waals surface area (Å²) >= 11 is 3.33. The van der Waals surface area contributed by atoms with Gasteiger partial charge in [-0.05, 0) is 28.9 Å². The van der Waals surface area contributed by atoms with E-state index in [-0.39, 0.29) is 11.9 Å². The predicted octanol–water partition coefficient (Wildman–Crippen LogP) is 2.47. The smallest absolute Gasteiger partial charge is 0.318 e. The Morgan fingerprint density at radius 1 is 1.50 bits per heavy atom. The van der Waals surface area contributed by atoms with Gasteiger partial charge < -0.3 is 4.74 Å². The first-order valence-electron chi connectivity index (χ1n) is 3.70. The van der Waals surface area contributed by atoms with Crippen LogP contribution in [-0.2, 0) is 4.79 Å². The van der Waals surface area contributed by atoms with Crippen molar-refractivity contribution in [2.75, 3.05) is 0 Å². The number of rotatable bonds is 0. The second kappa shape index (κ2) is 2.59. The molecule has 1 atom stereocenters. The average molecular weight is 227 g/mol. The van der Waals surface area contributed by atoms with Crippen LogP contribution in [0.2, 0.25) is 0 Å². The van der Waals surface area contributed by atoms with E-state index in [0.29, 0.717) is 5.75 Å². The summed E-state index contributed by atoms with van der Waals surface area (Å²) in [6, 6.07) is 5.68. The fraction of sp³-hybridized carbons (Fsp3) is 0.222. The van der Waals surface area contributed by atoms with Crippen LogP contribution in [-0.4, -0.2) is 5.97 Å². The molecule has 1 aromatic carbocycles. The predicted molar refractivity (Wildman–Crippen MR) is 48.2 cm³/mol. The quantitative estimate of drug-likeness (QED) is 0.502. The van der Waals surface area contributed by atoms with Crippen molar-refractivity contribution in [3.63, 3.8) is 0 Å². The molecule has 1 aliphatic heterocycles. The lowest BCUT2D eigenvalue weighted by Gasteiger charge is -1.98. The number of ether oxygens (including phenoxy) is 1. The van der Waals surface area contributed by atoms with Crippen molar-refractivity contribution in [2.45, 2.75) is 12.8 Å². The summed E-state index contributed by atoms with van der Waals surface area (Å²) in [6.07, 6.45) is 0. The molecule has 1 aliphatic rings. The van der Waals surface area contributed by atoms with Gasteiger partial charge >= 0.3 is 5.97 Å². The lowest BCUT2D eigenvalue weighted by molar-refractivity contribution is -0.133. The molecule has 0 radical (unpaired) electrons. The van der Waals surface area contributed by atoms with Crippen LogP contribution in [0, 0.1) is 0 Å². The van der Waals surface area contributed by atoms with E-state index in [1.165, 1.54) is 0 Å². The van der Waals surface area contributed by atoms with E-state index >= 15 is 0 Å². The Bertz CT molecular complexity index is 346. The number of benzene rings is 1. The lowest BCUT2D eigenvalue weighted by Crippen LogP contribution is -2.05. The maximum atomic E-state index is 11.1.